The van der Waals surface area contributed by atoms with Crippen molar-refractivity contribution in [3.63, 3.8) is 0 Å². The SMILES string of the molecule is c1cc(Nc2ccc3scc(-c4ccc5nccn5c4)c3n2)[nH]n1. The van der Waals surface area contributed by atoms with Crippen molar-refractivity contribution in [3.05, 3.63) is 60.5 Å². The largest absolute Gasteiger partial charge is 0.325 e. The van der Waals surface area contributed by atoms with Gasteiger partial charge in [0, 0.05) is 41.2 Å². The Morgan fingerprint density at radius 3 is 3.00 bits per heavy atom. The van der Waals surface area contributed by atoms with Crippen LogP contribution in [0, 0.1) is 0 Å². The Balaban J connectivity index is 1.62. The molecule has 0 radical (unpaired) electrons. The molecule has 0 aromatic carbocycles. The molecule has 0 fully saturated rings. The van der Waals surface area contributed by atoms with Gasteiger partial charge in [-0.25, -0.2) is 9.97 Å². The fourth-order valence-corrected chi connectivity index (χ4v) is 3.64. The highest BCUT2D eigenvalue weighted by Crippen LogP contribution is 2.34. The Morgan fingerprint density at radius 2 is 2.08 bits per heavy atom. The summed E-state index contributed by atoms with van der Waals surface area (Å²) >= 11 is 1.70. The molecule has 0 bridgehead atoms. The third-order valence-corrected chi connectivity index (χ3v) is 4.82. The van der Waals surface area contributed by atoms with Gasteiger partial charge in [0.1, 0.15) is 17.3 Å². The van der Waals surface area contributed by atoms with E-state index < -0.39 is 0 Å². The van der Waals surface area contributed by atoms with Gasteiger partial charge in [0.05, 0.1) is 16.4 Å². The molecular weight excluding hydrogens is 320 g/mol. The number of H-pyrrole nitrogens is 1. The molecule has 0 aliphatic carbocycles. The lowest BCUT2D eigenvalue weighted by atomic mass is 10.1. The summed E-state index contributed by atoms with van der Waals surface area (Å²) in [6.07, 6.45) is 7.54. The molecule has 0 aliphatic rings. The molecule has 6 nitrogen and oxygen atoms in total. The van der Waals surface area contributed by atoms with Crippen LogP contribution in [0.2, 0.25) is 0 Å². The molecule has 5 rings (SSSR count). The van der Waals surface area contributed by atoms with Gasteiger partial charge in [0.15, 0.2) is 0 Å². The van der Waals surface area contributed by atoms with Crippen molar-refractivity contribution in [1.29, 1.82) is 0 Å². The highest BCUT2D eigenvalue weighted by atomic mass is 32.1. The minimum atomic E-state index is 0.787. The van der Waals surface area contributed by atoms with E-state index in [1.165, 1.54) is 0 Å². The number of aromatic amines is 1. The van der Waals surface area contributed by atoms with Crippen LogP contribution in [0.1, 0.15) is 0 Å². The van der Waals surface area contributed by atoms with E-state index >= 15 is 0 Å². The van der Waals surface area contributed by atoms with Crippen molar-refractivity contribution in [2.24, 2.45) is 0 Å². The van der Waals surface area contributed by atoms with E-state index in [0.717, 1.165) is 38.6 Å². The Morgan fingerprint density at radius 1 is 1.08 bits per heavy atom. The fraction of sp³-hybridized carbons (Fsp3) is 0. The number of fused-ring (bicyclic) bond motifs is 2. The monoisotopic (exact) mass is 332 g/mol. The standard InChI is InChI=1S/C17H12N6S/c1-4-16-18-7-8-23(16)9-11(1)12-10-24-13-2-3-14(21-17(12)13)20-15-5-6-19-22-15/h1-10H,(H2,19,20,21,22). The third kappa shape index (κ3) is 2.14. The lowest BCUT2D eigenvalue weighted by Gasteiger charge is -2.05. The van der Waals surface area contributed by atoms with Crippen LogP contribution in [-0.2, 0) is 0 Å². The second-order valence-corrected chi connectivity index (χ2v) is 6.31. The third-order valence-electron chi connectivity index (χ3n) is 3.88. The van der Waals surface area contributed by atoms with Gasteiger partial charge in [-0.2, -0.15) is 5.10 Å². The van der Waals surface area contributed by atoms with Crippen LogP contribution in [0.4, 0.5) is 11.6 Å². The van der Waals surface area contributed by atoms with Crippen LogP contribution in [0.5, 0.6) is 0 Å². The van der Waals surface area contributed by atoms with E-state index in [4.69, 9.17) is 4.98 Å². The number of aromatic nitrogens is 5. The highest BCUT2D eigenvalue weighted by Gasteiger charge is 2.10. The molecule has 5 heterocycles. The topological polar surface area (TPSA) is 70.9 Å². The summed E-state index contributed by atoms with van der Waals surface area (Å²) < 4.78 is 3.18. The van der Waals surface area contributed by atoms with Crippen LogP contribution < -0.4 is 5.32 Å². The van der Waals surface area contributed by atoms with Gasteiger partial charge >= 0.3 is 0 Å². The molecule has 0 unspecified atom stereocenters. The van der Waals surface area contributed by atoms with Gasteiger partial charge in [-0.1, -0.05) is 0 Å². The number of anilines is 2. The summed E-state index contributed by atoms with van der Waals surface area (Å²) in [5.41, 5.74) is 4.17. The van der Waals surface area contributed by atoms with Crippen LogP contribution in [0.15, 0.2) is 60.5 Å². The Hall–Kier alpha value is -3.19. The minimum absolute atomic E-state index is 0.787. The first-order valence-electron chi connectivity index (χ1n) is 7.44. The lowest BCUT2D eigenvalue weighted by molar-refractivity contribution is 1.09. The minimum Gasteiger partial charge on any atom is -0.325 e. The van der Waals surface area contributed by atoms with Gasteiger partial charge in [-0.15, -0.1) is 11.3 Å². The number of hydrogen-bond donors (Lipinski definition) is 2. The summed E-state index contributed by atoms with van der Waals surface area (Å²) in [6.45, 7) is 0. The van der Waals surface area contributed by atoms with Gasteiger partial charge < -0.3 is 9.72 Å². The molecule has 0 saturated heterocycles. The van der Waals surface area contributed by atoms with E-state index in [2.05, 4.69) is 44.2 Å². The second-order valence-electron chi connectivity index (χ2n) is 5.40. The maximum atomic E-state index is 4.78. The highest BCUT2D eigenvalue weighted by molar-refractivity contribution is 7.17. The Kier molecular flexibility index (Phi) is 2.86. The first-order chi connectivity index (χ1) is 11.9. The van der Waals surface area contributed by atoms with Gasteiger partial charge in [-0.05, 0) is 24.3 Å². The number of nitrogens with one attached hydrogen (secondary N) is 2. The van der Waals surface area contributed by atoms with Crippen molar-refractivity contribution < 1.29 is 0 Å². The normalized spacial score (nSPS) is 11.3. The zero-order valence-electron chi connectivity index (χ0n) is 12.5. The summed E-state index contributed by atoms with van der Waals surface area (Å²) in [7, 11) is 0. The Labute approximate surface area is 140 Å². The fourth-order valence-electron chi connectivity index (χ4n) is 2.73. The molecule has 24 heavy (non-hydrogen) atoms. The van der Waals surface area contributed by atoms with Crippen molar-refractivity contribution >= 4 is 38.8 Å². The predicted octanol–water partition coefficient (Wildman–Crippen LogP) is 4.08. The van der Waals surface area contributed by atoms with E-state index in [9.17, 15) is 0 Å². The zero-order valence-corrected chi connectivity index (χ0v) is 13.3. The number of hydrogen-bond acceptors (Lipinski definition) is 5. The Bertz CT molecular complexity index is 1140. The van der Waals surface area contributed by atoms with E-state index in [-0.39, 0.29) is 0 Å². The second kappa shape index (κ2) is 5.17. The van der Waals surface area contributed by atoms with Gasteiger partial charge in [0.25, 0.3) is 0 Å². The van der Waals surface area contributed by atoms with Crippen molar-refractivity contribution in [3.8, 4) is 11.1 Å². The summed E-state index contributed by atoms with van der Waals surface area (Å²) in [5, 5.41) is 12.2. The molecule has 5 aromatic rings. The summed E-state index contributed by atoms with van der Waals surface area (Å²) in [5.74, 6) is 1.61. The average molecular weight is 332 g/mol. The van der Waals surface area contributed by atoms with Crippen LogP contribution in [-0.4, -0.2) is 24.6 Å². The summed E-state index contributed by atoms with van der Waals surface area (Å²) in [4.78, 5) is 9.07. The molecule has 0 aliphatic heterocycles. The number of pyridine rings is 2. The quantitative estimate of drug-likeness (QED) is 0.522. The molecule has 0 saturated carbocycles. The molecule has 0 atom stereocenters. The number of thiophene rings is 1. The molecule has 0 amide bonds. The van der Waals surface area contributed by atoms with Crippen molar-refractivity contribution in [1.82, 2.24) is 24.6 Å². The maximum absolute atomic E-state index is 4.78. The number of imidazole rings is 1. The predicted molar refractivity (Wildman–Crippen MR) is 95.7 cm³/mol. The van der Waals surface area contributed by atoms with Crippen molar-refractivity contribution in [2.45, 2.75) is 0 Å². The van der Waals surface area contributed by atoms with Crippen LogP contribution in [0.3, 0.4) is 0 Å². The summed E-state index contributed by atoms with van der Waals surface area (Å²) in [6, 6.07) is 10.0. The maximum Gasteiger partial charge on any atom is 0.136 e. The molecule has 116 valence electrons. The number of rotatable bonds is 3. The first-order valence-corrected chi connectivity index (χ1v) is 8.32. The lowest BCUT2D eigenvalue weighted by Crippen LogP contribution is -1.94. The van der Waals surface area contributed by atoms with Crippen molar-refractivity contribution in [2.75, 3.05) is 5.32 Å². The molecular formula is C17H12N6S. The van der Waals surface area contributed by atoms with Crippen LogP contribution >= 0.6 is 11.3 Å². The number of nitrogens with zero attached hydrogens (tertiary/aromatic N) is 4. The average Bonchev–Trinajstić information content (AvgIpc) is 3.34. The van der Waals surface area contributed by atoms with E-state index in [1.54, 1.807) is 23.7 Å². The molecule has 0 spiro atoms. The zero-order chi connectivity index (χ0) is 15.9. The van der Waals surface area contributed by atoms with Crippen LogP contribution in [0.25, 0.3) is 27.0 Å². The molecule has 2 N–H and O–H groups in total. The first kappa shape index (κ1) is 13.3. The molecule has 5 aromatic heterocycles. The van der Waals surface area contributed by atoms with Gasteiger partial charge in [-0.3, -0.25) is 5.10 Å². The smallest absolute Gasteiger partial charge is 0.136 e. The molecule has 7 heteroatoms. The van der Waals surface area contributed by atoms with E-state index in [0.29, 0.717) is 0 Å². The van der Waals surface area contributed by atoms with E-state index in [1.807, 2.05) is 28.8 Å². The van der Waals surface area contributed by atoms with Gasteiger partial charge in [0.2, 0.25) is 0 Å².